The maximum atomic E-state index is 11.4. The van der Waals surface area contributed by atoms with Crippen molar-refractivity contribution in [2.24, 2.45) is 0 Å². The first-order chi connectivity index (χ1) is 8.41. The summed E-state index contributed by atoms with van der Waals surface area (Å²) in [6, 6.07) is 10.4. The number of hydrogen-bond donors (Lipinski definition) is 1. The van der Waals surface area contributed by atoms with Crippen molar-refractivity contribution in [3.63, 3.8) is 0 Å². The Bertz CT molecular complexity index is 410. The number of carbonyl (C=O) groups is 1. The Morgan fingerprint density at radius 2 is 1.89 bits per heavy atom. The molecule has 0 aliphatic rings. The molecule has 0 aliphatic heterocycles. The van der Waals surface area contributed by atoms with E-state index in [1.165, 1.54) is 5.56 Å². The zero-order chi connectivity index (χ0) is 13.6. The van der Waals surface area contributed by atoms with Crippen LogP contribution in [0.1, 0.15) is 12.5 Å². The third-order valence-electron chi connectivity index (χ3n) is 2.84. The summed E-state index contributed by atoms with van der Waals surface area (Å²) in [6.45, 7) is 7.87. The number of rotatable bonds is 6. The fraction of sp³-hybridized carbons (Fsp3) is 0.400. The van der Waals surface area contributed by atoms with Crippen LogP contribution in [-0.2, 0) is 11.3 Å². The van der Waals surface area contributed by atoms with Gasteiger partial charge >= 0.3 is 0 Å². The van der Waals surface area contributed by atoms with Gasteiger partial charge in [0.2, 0.25) is 5.91 Å². The van der Waals surface area contributed by atoms with E-state index in [1.807, 2.05) is 6.07 Å². The summed E-state index contributed by atoms with van der Waals surface area (Å²) in [5.74, 6) is -0.0605. The Morgan fingerprint density at radius 1 is 1.28 bits per heavy atom. The summed E-state index contributed by atoms with van der Waals surface area (Å²) in [5, 5.41) is 2.87. The van der Waals surface area contributed by atoms with E-state index in [4.69, 9.17) is 0 Å². The molecule has 0 heterocycles. The fourth-order valence-corrected chi connectivity index (χ4v) is 1.78. The molecule has 0 saturated carbocycles. The molecule has 3 nitrogen and oxygen atoms in total. The minimum Gasteiger partial charge on any atom is -0.347 e. The molecule has 1 aromatic rings. The highest BCUT2D eigenvalue weighted by Gasteiger charge is 2.15. The number of nitrogens with one attached hydrogen (secondary N) is 1. The maximum absolute atomic E-state index is 11.4. The first kappa shape index (κ1) is 14.5. The minimum atomic E-state index is -0.0605. The number of likely N-dealkylation sites (N-methyl/N-ethyl adjacent to an activating group) is 1. The molecular formula is C15H23N2O+. The van der Waals surface area contributed by atoms with Crippen molar-refractivity contribution in [3.8, 4) is 0 Å². The number of nitrogens with zero attached hydrogens (tertiary/aromatic N) is 1. The maximum Gasteiger partial charge on any atom is 0.246 e. The summed E-state index contributed by atoms with van der Waals surface area (Å²) in [5.41, 5.74) is 1.87. The zero-order valence-electron chi connectivity index (χ0n) is 11.6. The van der Waals surface area contributed by atoms with Crippen LogP contribution in [0.15, 0.2) is 42.5 Å². The first-order valence-corrected chi connectivity index (χ1v) is 6.20. The van der Waals surface area contributed by atoms with Crippen LogP contribution < -0.4 is 5.32 Å². The molecule has 1 amide bonds. The largest absolute Gasteiger partial charge is 0.347 e. The summed E-state index contributed by atoms with van der Waals surface area (Å²) in [6.07, 6.45) is 0. The third-order valence-corrected chi connectivity index (χ3v) is 2.84. The van der Waals surface area contributed by atoms with Crippen LogP contribution in [0, 0.1) is 0 Å². The second kappa shape index (κ2) is 6.36. The fourth-order valence-electron chi connectivity index (χ4n) is 1.78. The Kier molecular flexibility index (Phi) is 5.10. The van der Waals surface area contributed by atoms with Gasteiger partial charge in [0.15, 0.2) is 0 Å². The minimum absolute atomic E-state index is 0.0605. The predicted octanol–water partition coefficient (Wildman–Crippen LogP) is 1.96. The SMILES string of the molecule is C=C(C)C(=O)NCC[N+](C)(C)Cc1ccccc1. The first-order valence-electron chi connectivity index (χ1n) is 6.20. The molecule has 1 N–H and O–H groups in total. The van der Waals surface area contributed by atoms with Crippen molar-refractivity contribution in [2.75, 3.05) is 27.2 Å². The predicted molar refractivity (Wildman–Crippen MR) is 74.9 cm³/mol. The van der Waals surface area contributed by atoms with E-state index in [0.717, 1.165) is 17.6 Å². The number of hydrogen-bond acceptors (Lipinski definition) is 1. The molecule has 1 aromatic carbocycles. The lowest BCUT2D eigenvalue weighted by Crippen LogP contribution is -2.44. The van der Waals surface area contributed by atoms with Gasteiger partial charge < -0.3 is 9.80 Å². The second-order valence-electron chi connectivity index (χ2n) is 5.34. The monoisotopic (exact) mass is 247 g/mol. The van der Waals surface area contributed by atoms with Gasteiger partial charge in [0.05, 0.1) is 27.2 Å². The molecule has 0 spiro atoms. The van der Waals surface area contributed by atoms with Gasteiger partial charge in [-0.2, -0.15) is 0 Å². The molecule has 0 aliphatic carbocycles. The molecular weight excluding hydrogens is 224 g/mol. The average molecular weight is 247 g/mol. The number of carbonyl (C=O) groups excluding carboxylic acids is 1. The Labute approximate surface area is 110 Å². The van der Waals surface area contributed by atoms with Crippen molar-refractivity contribution in [3.05, 3.63) is 48.0 Å². The van der Waals surface area contributed by atoms with Crippen molar-refractivity contribution in [1.29, 1.82) is 0 Å². The van der Waals surface area contributed by atoms with Crippen molar-refractivity contribution in [2.45, 2.75) is 13.5 Å². The van der Waals surface area contributed by atoms with Crippen molar-refractivity contribution in [1.82, 2.24) is 5.32 Å². The van der Waals surface area contributed by atoms with E-state index >= 15 is 0 Å². The standard InChI is InChI=1S/C15H22N2O/c1-13(2)15(18)16-10-11-17(3,4)12-14-8-6-5-7-9-14/h5-9H,1,10-12H2,2-4H3/p+1. The quantitative estimate of drug-likeness (QED) is 0.604. The molecule has 1 rings (SSSR count). The highest BCUT2D eigenvalue weighted by atomic mass is 16.1. The Morgan fingerprint density at radius 3 is 2.44 bits per heavy atom. The highest BCUT2D eigenvalue weighted by Crippen LogP contribution is 2.08. The third kappa shape index (κ3) is 5.15. The van der Waals surface area contributed by atoms with Gasteiger partial charge in [-0.1, -0.05) is 36.9 Å². The lowest BCUT2D eigenvalue weighted by atomic mass is 10.2. The van der Waals surface area contributed by atoms with Crippen molar-refractivity contribution < 1.29 is 9.28 Å². The summed E-state index contributed by atoms with van der Waals surface area (Å²) in [4.78, 5) is 11.4. The van der Waals surface area contributed by atoms with Crippen LogP contribution in [0.25, 0.3) is 0 Å². The topological polar surface area (TPSA) is 29.1 Å². The molecule has 0 radical (unpaired) electrons. The van der Waals surface area contributed by atoms with Gasteiger partial charge in [-0.05, 0) is 6.92 Å². The van der Waals surface area contributed by atoms with E-state index < -0.39 is 0 Å². The van der Waals surface area contributed by atoms with Crippen LogP contribution >= 0.6 is 0 Å². The number of amides is 1. The Hall–Kier alpha value is -1.61. The number of benzene rings is 1. The summed E-state index contributed by atoms with van der Waals surface area (Å²) in [7, 11) is 4.33. The average Bonchev–Trinajstić information content (AvgIpc) is 2.29. The number of quaternary nitrogens is 1. The summed E-state index contributed by atoms with van der Waals surface area (Å²) < 4.78 is 0.848. The highest BCUT2D eigenvalue weighted by molar-refractivity contribution is 5.91. The molecule has 0 bridgehead atoms. The van der Waals surface area contributed by atoms with E-state index in [-0.39, 0.29) is 5.91 Å². The molecule has 0 aromatic heterocycles. The molecule has 0 fully saturated rings. The van der Waals surface area contributed by atoms with Crippen LogP contribution in [-0.4, -0.2) is 37.6 Å². The zero-order valence-corrected chi connectivity index (χ0v) is 11.6. The van der Waals surface area contributed by atoms with Gasteiger partial charge in [-0.25, -0.2) is 0 Å². The lowest BCUT2D eigenvalue weighted by Gasteiger charge is -2.30. The lowest BCUT2D eigenvalue weighted by molar-refractivity contribution is -0.902. The van der Waals surface area contributed by atoms with Gasteiger partial charge in [-0.3, -0.25) is 4.79 Å². The van der Waals surface area contributed by atoms with Crippen LogP contribution in [0.5, 0.6) is 0 Å². The van der Waals surface area contributed by atoms with Crippen molar-refractivity contribution >= 4 is 5.91 Å². The van der Waals surface area contributed by atoms with Gasteiger partial charge in [0.1, 0.15) is 6.54 Å². The summed E-state index contributed by atoms with van der Waals surface area (Å²) >= 11 is 0. The molecule has 0 atom stereocenters. The van der Waals surface area contributed by atoms with Crippen LogP contribution in [0.2, 0.25) is 0 Å². The molecule has 0 saturated heterocycles. The normalized spacial score (nSPS) is 11.1. The van der Waals surface area contributed by atoms with E-state index in [0.29, 0.717) is 12.1 Å². The van der Waals surface area contributed by atoms with Gasteiger partial charge in [-0.15, -0.1) is 0 Å². The molecule has 98 valence electrons. The van der Waals surface area contributed by atoms with Gasteiger partial charge in [0, 0.05) is 11.1 Å². The van der Waals surface area contributed by atoms with E-state index in [9.17, 15) is 4.79 Å². The van der Waals surface area contributed by atoms with Crippen LogP contribution in [0.4, 0.5) is 0 Å². The smallest absolute Gasteiger partial charge is 0.246 e. The van der Waals surface area contributed by atoms with Crippen LogP contribution in [0.3, 0.4) is 0 Å². The van der Waals surface area contributed by atoms with E-state index in [2.05, 4.69) is 50.3 Å². The second-order valence-corrected chi connectivity index (χ2v) is 5.34. The molecule has 18 heavy (non-hydrogen) atoms. The van der Waals surface area contributed by atoms with Gasteiger partial charge in [0.25, 0.3) is 0 Å². The molecule has 0 unspecified atom stereocenters. The van der Waals surface area contributed by atoms with E-state index in [1.54, 1.807) is 6.92 Å². The molecule has 3 heteroatoms. The Balaban J connectivity index is 2.40.